The van der Waals surface area contributed by atoms with Crippen molar-refractivity contribution in [1.82, 2.24) is 24.2 Å². The zero-order valence-corrected chi connectivity index (χ0v) is 20.7. The second-order valence-electron chi connectivity index (χ2n) is 7.99. The number of carbonyl (C=O) groups is 1. The molecule has 0 radical (unpaired) electrons. The van der Waals surface area contributed by atoms with Crippen molar-refractivity contribution in [3.05, 3.63) is 59.9 Å². The minimum absolute atomic E-state index is 0. The number of sulfonamides is 1. The van der Waals surface area contributed by atoms with Crippen molar-refractivity contribution >= 4 is 39.8 Å². The lowest BCUT2D eigenvalue weighted by Gasteiger charge is -2.31. The summed E-state index contributed by atoms with van der Waals surface area (Å²) in [5.41, 5.74) is 7.11. The standard InChI is InChI=1S/C22H24FN7O3S.ClH/c1-14-10-19(34(32,33)30-8-6-29(2)7-9-30)17(23)11-16(14)18-13-26-21(24)20(28-18)22(31)27-15-4-3-5-25-12-15;/h3-5,10-13H,6-9H2,1-2H3,(H2,24,26)(H,27,31);1H. The number of rotatable bonds is 5. The largest absolute Gasteiger partial charge is 0.382 e. The number of likely N-dealkylation sites (N-methyl/N-ethyl adjacent to an activating group) is 1. The third kappa shape index (κ3) is 5.56. The van der Waals surface area contributed by atoms with Gasteiger partial charge in [-0.2, -0.15) is 4.31 Å². The van der Waals surface area contributed by atoms with Crippen LogP contribution in [0.15, 0.2) is 47.8 Å². The van der Waals surface area contributed by atoms with Gasteiger partial charge in [-0.05, 0) is 43.8 Å². The number of hydrogen-bond acceptors (Lipinski definition) is 8. The van der Waals surface area contributed by atoms with Crippen molar-refractivity contribution in [2.75, 3.05) is 44.3 Å². The van der Waals surface area contributed by atoms with Crippen molar-refractivity contribution in [3.8, 4) is 11.3 Å². The number of nitrogens with two attached hydrogens (primary N) is 1. The van der Waals surface area contributed by atoms with Crippen molar-refractivity contribution in [3.63, 3.8) is 0 Å². The van der Waals surface area contributed by atoms with Crippen LogP contribution in [0.5, 0.6) is 0 Å². The van der Waals surface area contributed by atoms with E-state index in [1.165, 1.54) is 22.8 Å². The van der Waals surface area contributed by atoms with Gasteiger partial charge in [-0.25, -0.2) is 22.8 Å². The Labute approximate surface area is 208 Å². The Morgan fingerprint density at radius 3 is 2.54 bits per heavy atom. The summed E-state index contributed by atoms with van der Waals surface area (Å²) < 4.78 is 42.5. The molecule has 3 heterocycles. The molecule has 1 saturated heterocycles. The fourth-order valence-electron chi connectivity index (χ4n) is 3.62. The van der Waals surface area contributed by atoms with E-state index in [0.717, 1.165) is 6.07 Å². The predicted octanol–water partition coefficient (Wildman–Crippen LogP) is 2.18. The molecule has 35 heavy (non-hydrogen) atoms. The Kier molecular flexibility index (Phi) is 8.00. The van der Waals surface area contributed by atoms with E-state index in [9.17, 15) is 13.2 Å². The zero-order valence-electron chi connectivity index (χ0n) is 19.1. The van der Waals surface area contributed by atoms with Crippen LogP contribution in [0.1, 0.15) is 16.1 Å². The SMILES string of the molecule is Cc1cc(S(=O)(=O)N2CCN(C)CC2)c(F)cc1-c1cnc(N)c(C(=O)Nc2cccnc2)n1.Cl. The van der Waals surface area contributed by atoms with E-state index in [2.05, 4.69) is 20.3 Å². The highest BCUT2D eigenvalue weighted by atomic mass is 35.5. The molecular formula is C22H25ClFN7O3S. The normalized spacial score (nSPS) is 14.8. The molecule has 1 aromatic carbocycles. The fraction of sp³-hybridized carbons (Fsp3) is 0.273. The maximum absolute atomic E-state index is 15.1. The van der Waals surface area contributed by atoms with Crippen LogP contribution in [0.2, 0.25) is 0 Å². The molecular weight excluding hydrogens is 497 g/mol. The first kappa shape index (κ1) is 26.4. The van der Waals surface area contributed by atoms with Crippen LogP contribution in [0.4, 0.5) is 15.9 Å². The molecule has 0 atom stereocenters. The summed E-state index contributed by atoms with van der Waals surface area (Å²) in [5, 5.41) is 2.63. The second-order valence-corrected chi connectivity index (χ2v) is 9.90. The highest BCUT2D eigenvalue weighted by Crippen LogP contribution is 2.29. The van der Waals surface area contributed by atoms with Crippen LogP contribution >= 0.6 is 12.4 Å². The van der Waals surface area contributed by atoms with Gasteiger partial charge in [0.15, 0.2) is 11.5 Å². The van der Waals surface area contributed by atoms with E-state index >= 15 is 4.39 Å². The Morgan fingerprint density at radius 1 is 1.17 bits per heavy atom. The number of nitrogens with zero attached hydrogens (tertiary/aromatic N) is 5. The van der Waals surface area contributed by atoms with Gasteiger partial charge in [0, 0.05) is 37.9 Å². The number of pyridine rings is 1. The van der Waals surface area contributed by atoms with E-state index in [0.29, 0.717) is 29.9 Å². The van der Waals surface area contributed by atoms with Crippen LogP contribution in [0.3, 0.4) is 0 Å². The molecule has 2 aromatic heterocycles. The molecule has 186 valence electrons. The van der Waals surface area contributed by atoms with E-state index in [4.69, 9.17) is 5.73 Å². The lowest BCUT2D eigenvalue weighted by atomic mass is 10.1. The Balaban J connectivity index is 0.00000342. The van der Waals surface area contributed by atoms with Crippen molar-refractivity contribution in [2.24, 2.45) is 0 Å². The maximum atomic E-state index is 15.1. The quantitative estimate of drug-likeness (QED) is 0.521. The lowest BCUT2D eigenvalue weighted by molar-refractivity contribution is 0.102. The molecule has 1 fully saturated rings. The summed E-state index contributed by atoms with van der Waals surface area (Å²) in [6.07, 6.45) is 4.34. The van der Waals surface area contributed by atoms with Gasteiger partial charge >= 0.3 is 0 Å². The van der Waals surface area contributed by atoms with Gasteiger partial charge in [0.25, 0.3) is 5.91 Å². The molecule has 1 aliphatic heterocycles. The minimum atomic E-state index is -3.99. The number of amides is 1. The molecule has 3 aromatic rings. The summed E-state index contributed by atoms with van der Waals surface area (Å²) in [5.74, 6) is -1.61. The number of hydrogen-bond donors (Lipinski definition) is 2. The van der Waals surface area contributed by atoms with E-state index < -0.39 is 26.6 Å². The van der Waals surface area contributed by atoms with Gasteiger partial charge in [0.05, 0.1) is 23.8 Å². The van der Waals surface area contributed by atoms with Crippen molar-refractivity contribution in [1.29, 1.82) is 0 Å². The first-order valence-corrected chi connectivity index (χ1v) is 11.9. The molecule has 0 saturated carbocycles. The first-order valence-electron chi connectivity index (χ1n) is 10.5. The maximum Gasteiger partial charge on any atom is 0.278 e. The summed E-state index contributed by atoms with van der Waals surface area (Å²) in [6.45, 7) is 3.37. The number of nitrogen functional groups attached to an aromatic ring is 1. The monoisotopic (exact) mass is 521 g/mol. The van der Waals surface area contributed by atoms with Gasteiger partial charge in [-0.1, -0.05) is 0 Å². The third-order valence-electron chi connectivity index (χ3n) is 5.57. The molecule has 0 aliphatic carbocycles. The number of halogens is 2. The van der Waals surface area contributed by atoms with Gasteiger partial charge in [0.1, 0.15) is 10.7 Å². The van der Waals surface area contributed by atoms with E-state index in [1.807, 2.05) is 11.9 Å². The summed E-state index contributed by atoms with van der Waals surface area (Å²) in [4.78, 5) is 26.5. The predicted molar refractivity (Wildman–Crippen MR) is 132 cm³/mol. The van der Waals surface area contributed by atoms with Crippen LogP contribution in [-0.2, 0) is 10.0 Å². The van der Waals surface area contributed by atoms with Crippen LogP contribution < -0.4 is 11.1 Å². The molecule has 10 nitrogen and oxygen atoms in total. The summed E-state index contributed by atoms with van der Waals surface area (Å²) >= 11 is 0. The number of aryl methyl sites for hydroxylation is 1. The number of aromatic nitrogens is 3. The number of piperazine rings is 1. The Hall–Kier alpha value is -3.19. The van der Waals surface area contributed by atoms with Crippen LogP contribution in [0, 0.1) is 12.7 Å². The molecule has 0 bridgehead atoms. The molecule has 4 rings (SSSR count). The highest BCUT2D eigenvalue weighted by Gasteiger charge is 2.30. The third-order valence-corrected chi connectivity index (χ3v) is 7.48. The average Bonchev–Trinajstić information content (AvgIpc) is 2.81. The Morgan fingerprint density at radius 2 is 1.89 bits per heavy atom. The average molecular weight is 522 g/mol. The molecule has 13 heteroatoms. The molecule has 1 aliphatic rings. The number of carbonyl (C=O) groups excluding carboxylic acids is 1. The zero-order chi connectivity index (χ0) is 24.5. The van der Waals surface area contributed by atoms with E-state index in [1.54, 1.807) is 25.3 Å². The topological polar surface area (TPSA) is 134 Å². The van der Waals surface area contributed by atoms with Gasteiger partial charge in [-0.3, -0.25) is 9.78 Å². The fourth-order valence-corrected chi connectivity index (χ4v) is 5.17. The summed E-state index contributed by atoms with van der Waals surface area (Å²) in [7, 11) is -2.09. The lowest BCUT2D eigenvalue weighted by Crippen LogP contribution is -2.47. The van der Waals surface area contributed by atoms with Crippen molar-refractivity contribution in [2.45, 2.75) is 11.8 Å². The van der Waals surface area contributed by atoms with Crippen molar-refractivity contribution < 1.29 is 17.6 Å². The minimum Gasteiger partial charge on any atom is -0.382 e. The van der Waals surface area contributed by atoms with Crippen LogP contribution in [0.25, 0.3) is 11.3 Å². The molecule has 0 unspecified atom stereocenters. The summed E-state index contributed by atoms with van der Waals surface area (Å²) in [6, 6.07) is 5.69. The first-order chi connectivity index (χ1) is 16.2. The molecule has 3 N–H and O–H groups in total. The van der Waals surface area contributed by atoms with Gasteiger partial charge < -0.3 is 16.0 Å². The number of benzene rings is 1. The Bertz CT molecular complexity index is 1330. The number of anilines is 2. The molecule has 1 amide bonds. The van der Waals surface area contributed by atoms with E-state index in [-0.39, 0.29) is 42.7 Å². The smallest absolute Gasteiger partial charge is 0.278 e. The molecule has 0 spiro atoms. The second kappa shape index (κ2) is 10.6. The highest BCUT2D eigenvalue weighted by molar-refractivity contribution is 7.89. The van der Waals surface area contributed by atoms with Gasteiger partial charge in [-0.15, -0.1) is 12.4 Å². The van der Waals surface area contributed by atoms with Gasteiger partial charge in [0.2, 0.25) is 10.0 Å². The van der Waals surface area contributed by atoms with Crippen LogP contribution in [-0.4, -0.2) is 71.7 Å². The number of nitrogens with one attached hydrogen (secondary N) is 1.